The maximum Gasteiger partial charge on any atom is 0.231 e. The second-order valence-electron chi connectivity index (χ2n) is 11.2. The number of fused-ring (bicyclic) bond motifs is 3. The molecule has 3 aliphatic rings. The third-order valence-corrected chi connectivity index (χ3v) is 9.17. The molecule has 3 fully saturated rings. The van der Waals surface area contributed by atoms with Gasteiger partial charge >= 0.3 is 0 Å². The molecule has 0 saturated carbocycles. The van der Waals surface area contributed by atoms with Gasteiger partial charge in [0, 0.05) is 24.7 Å². The van der Waals surface area contributed by atoms with Crippen molar-refractivity contribution in [3.8, 4) is 0 Å². The smallest absolute Gasteiger partial charge is 0.231 e. The molecule has 2 aromatic carbocycles. The molecule has 37 heavy (non-hydrogen) atoms. The van der Waals surface area contributed by atoms with E-state index in [1.807, 2.05) is 31.2 Å². The van der Waals surface area contributed by atoms with Gasteiger partial charge < -0.3 is 14.6 Å². The number of hydrogen-bond donors (Lipinski definition) is 1. The summed E-state index contributed by atoms with van der Waals surface area (Å²) < 4.78 is 22.1. The molecule has 2 unspecified atom stereocenters. The lowest BCUT2D eigenvalue weighted by atomic mass is 9.81. The first-order valence-electron chi connectivity index (χ1n) is 13.8. The maximum absolute atomic E-state index is 14.4. The molecule has 7 heteroatoms. The van der Waals surface area contributed by atoms with Crippen molar-refractivity contribution in [3.63, 3.8) is 0 Å². The first-order valence-corrected chi connectivity index (χ1v) is 13.8. The fraction of sp³-hybridized carbons (Fsp3) is 0.533. The summed E-state index contributed by atoms with van der Waals surface area (Å²) in [4.78, 5) is 20.5. The van der Waals surface area contributed by atoms with Crippen LogP contribution in [0.3, 0.4) is 0 Å². The van der Waals surface area contributed by atoms with Crippen LogP contribution in [0.4, 0.5) is 4.39 Å². The van der Waals surface area contributed by atoms with Crippen LogP contribution in [0.2, 0.25) is 0 Å². The number of hydrogen-bond acceptors (Lipinski definition) is 4. The number of rotatable bonds is 8. The van der Waals surface area contributed by atoms with Crippen LogP contribution in [0.1, 0.15) is 68.9 Å². The van der Waals surface area contributed by atoms with E-state index in [4.69, 9.17) is 4.74 Å². The Labute approximate surface area is 218 Å². The highest BCUT2D eigenvalue weighted by atomic mass is 19.1. The third-order valence-electron chi connectivity index (χ3n) is 9.17. The highest BCUT2D eigenvalue weighted by Crippen LogP contribution is 2.43. The van der Waals surface area contributed by atoms with E-state index in [2.05, 4.69) is 38.8 Å². The predicted molar refractivity (Wildman–Crippen MR) is 142 cm³/mol. The van der Waals surface area contributed by atoms with Gasteiger partial charge in [-0.3, -0.25) is 9.69 Å². The largest absolute Gasteiger partial charge is 0.379 e. The number of imidazole rings is 1. The average molecular weight is 505 g/mol. The molecule has 3 aromatic rings. The zero-order valence-electron chi connectivity index (χ0n) is 21.8. The number of aromatic nitrogens is 2. The van der Waals surface area contributed by atoms with Crippen LogP contribution in [0.15, 0.2) is 48.5 Å². The fourth-order valence-electron chi connectivity index (χ4n) is 6.92. The topological polar surface area (TPSA) is 59.4 Å². The Hall–Kier alpha value is -2.77. The summed E-state index contributed by atoms with van der Waals surface area (Å²) in [5.41, 5.74) is 2.17. The van der Waals surface area contributed by atoms with Gasteiger partial charge in [-0.05, 0) is 63.1 Å². The molecule has 0 spiro atoms. The van der Waals surface area contributed by atoms with Gasteiger partial charge in [0.15, 0.2) is 5.82 Å². The molecule has 1 N–H and O–H groups in total. The van der Waals surface area contributed by atoms with E-state index in [-0.39, 0.29) is 23.2 Å². The molecule has 0 aliphatic carbocycles. The Morgan fingerprint density at radius 2 is 1.84 bits per heavy atom. The van der Waals surface area contributed by atoms with Gasteiger partial charge in [0.1, 0.15) is 11.3 Å². The molecule has 4 heterocycles. The first-order chi connectivity index (χ1) is 18.0. The molecule has 3 aliphatic heterocycles. The number of carbonyl (C=O) groups is 1. The number of para-hydroxylation sites is 1. The highest BCUT2D eigenvalue weighted by molar-refractivity contribution is 5.84. The van der Waals surface area contributed by atoms with Gasteiger partial charge in [-0.2, -0.15) is 0 Å². The van der Waals surface area contributed by atoms with E-state index in [0.29, 0.717) is 36.9 Å². The van der Waals surface area contributed by atoms with E-state index < -0.39 is 0 Å². The Balaban J connectivity index is 1.17. The monoisotopic (exact) mass is 504 g/mol. The van der Waals surface area contributed by atoms with Gasteiger partial charge in [0.2, 0.25) is 5.91 Å². The molecular weight excluding hydrogens is 467 g/mol. The minimum Gasteiger partial charge on any atom is -0.379 e. The van der Waals surface area contributed by atoms with Crippen LogP contribution in [0, 0.1) is 18.2 Å². The molecule has 1 amide bonds. The second-order valence-corrected chi connectivity index (χ2v) is 11.2. The number of carbonyl (C=O) groups excluding carboxylic acids is 1. The van der Waals surface area contributed by atoms with Crippen molar-refractivity contribution in [3.05, 3.63) is 65.7 Å². The molecule has 0 radical (unpaired) electrons. The van der Waals surface area contributed by atoms with Crippen LogP contribution < -0.4 is 5.32 Å². The van der Waals surface area contributed by atoms with Crippen molar-refractivity contribution < 1.29 is 13.9 Å². The standard InChI is InChI=1S/C30H37FN4O2/c1-3-30(18-37-19-30)29(36)33-26(21-8-5-4-6-9-21)14-15-34-22-12-13-23(34)17-24(16-22)35-20(2)32-28-25(31)10-7-11-27(28)35/h4-11,22-24,26H,3,12-19H2,1-2H3,(H,33,36)/t22?,23?,24?,26-/m0/s1. The van der Waals surface area contributed by atoms with Crippen molar-refractivity contribution in [1.82, 2.24) is 19.8 Å². The van der Waals surface area contributed by atoms with E-state index in [0.717, 1.165) is 49.1 Å². The van der Waals surface area contributed by atoms with Crippen molar-refractivity contribution in [2.75, 3.05) is 19.8 Å². The molecule has 196 valence electrons. The Morgan fingerprint density at radius 1 is 1.11 bits per heavy atom. The van der Waals surface area contributed by atoms with Gasteiger partial charge in [-0.15, -0.1) is 0 Å². The van der Waals surface area contributed by atoms with Crippen molar-refractivity contribution >= 4 is 16.9 Å². The maximum atomic E-state index is 14.4. The number of amides is 1. The highest BCUT2D eigenvalue weighted by Gasteiger charge is 2.45. The lowest BCUT2D eigenvalue weighted by Gasteiger charge is -2.42. The molecular formula is C30H37FN4O2. The summed E-state index contributed by atoms with van der Waals surface area (Å²) in [6.45, 7) is 6.05. The van der Waals surface area contributed by atoms with E-state index in [1.54, 1.807) is 6.07 Å². The number of benzene rings is 2. The summed E-state index contributed by atoms with van der Waals surface area (Å²) in [5, 5.41) is 3.39. The summed E-state index contributed by atoms with van der Waals surface area (Å²) in [6.07, 6.45) is 6.17. The van der Waals surface area contributed by atoms with Crippen molar-refractivity contribution in [2.24, 2.45) is 5.41 Å². The van der Waals surface area contributed by atoms with Crippen LogP contribution in [-0.2, 0) is 9.53 Å². The number of halogens is 1. The summed E-state index contributed by atoms with van der Waals surface area (Å²) in [7, 11) is 0. The molecule has 3 atom stereocenters. The van der Waals surface area contributed by atoms with E-state index in [1.165, 1.54) is 18.9 Å². The number of aryl methyl sites for hydroxylation is 1. The zero-order chi connectivity index (χ0) is 25.6. The van der Waals surface area contributed by atoms with Crippen LogP contribution in [0.5, 0.6) is 0 Å². The Kier molecular flexibility index (Phi) is 6.53. The van der Waals surface area contributed by atoms with Gasteiger partial charge in [0.05, 0.1) is 30.2 Å². The quantitative estimate of drug-likeness (QED) is 0.451. The summed E-state index contributed by atoms with van der Waals surface area (Å²) >= 11 is 0. The number of nitrogens with zero attached hydrogens (tertiary/aromatic N) is 3. The number of ether oxygens (including phenoxy) is 1. The van der Waals surface area contributed by atoms with Gasteiger partial charge in [-0.25, -0.2) is 9.37 Å². The third kappa shape index (κ3) is 4.36. The molecule has 2 bridgehead atoms. The Morgan fingerprint density at radius 3 is 2.49 bits per heavy atom. The second kappa shape index (κ2) is 9.84. The number of piperidine rings is 1. The summed E-state index contributed by atoms with van der Waals surface area (Å²) in [6, 6.07) is 17.0. The Bertz CT molecular complexity index is 1250. The van der Waals surface area contributed by atoms with Crippen molar-refractivity contribution in [2.45, 2.75) is 76.5 Å². The lowest BCUT2D eigenvalue weighted by molar-refractivity contribution is -0.163. The van der Waals surface area contributed by atoms with Gasteiger partial charge in [0.25, 0.3) is 0 Å². The lowest BCUT2D eigenvalue weighted by Crippen LogP contribution is -2.54. The fourth-order valence-corrected chi connectivity index (χ4v) is 6.92. The van der Waals surface area contributed by atoms with E-state index in [9.17, 15) is 9.18 Å². The van der Waals surface area contributed by atoms with Crippen LogP contribution in [-0.4, -0.2) is 52.2 Å². The first kappa shape index (κ1) is 24.6. The van der Waals surface area contributed by atoms with Gasteiger partial charge in [-0.1, -0.05) is 43.3 Å². The number of nitrogens with one attached hydrogen (secondary N) is 1. The average Bonchev–Trinajstić information content (AvgIpc) is 3.34. The molecule has 6 rings (SSSR count). The molecule has 1 aromatic heterocycles. The minimum atomic E-state index is -0.380. The molecule has 6 nitrogen and oxygen atoms in total. The van der Waals surface area contributed by atoms with Crippen LogP contribution in [0.25, 0.3) is 11.0 Å². The normalized spacial score (nSPS) is 25.6. The predicted octanol–water partition coefficient (Wildman–Crippen LogP) is 5.33. The van der Waals surface area contributed by atoms with E-state index >= 15 is 0 Å². The van der Waals surface area contributed by atoms with Crippen molar-refractivity contribution in [1.29, 1.82) is 0 Å². The SMILES string of the molecule is CCC1(C(=O)N[C@@H](CCN2C3CCC2CC(n2c(C)nc4c(F)cccc42)C3)c2ccccc2)COC1. The minimum absolute atomic E-state index is 0.0161. The van der Waals surface area contributed by atoms with Crippen LogP contribution >= 0.6 is 0 Å². The summed E-state index contributed by atoms with van der Waals surface area (Å²) in [5.74, 6) is 0.771. The zero-order valence-corrected chi connectivity index (χ0v) is 21.8. The molecule has 3 saturated heterocycles.